The van der Waals surface area contributed by atoms with Gasteiger partial charge in [-0.2, -0.15) is 0 Å². The molecular weight excluding hydrogens is 186 g/mol. The van der Waals surface area contributed by atoms with Gasteiger partial charge in [-0.3, -0.25) is 4.79 Å². The first kappa shape index (κ1) is 12.5. The fraction of sp³-hybridized carbons (Fsp3) is 0.700. The van der Waals surface area contributed by atoms with Crippen LogP contribution in [0.15, 0.2) is 12.2 Å². The molecule has 0 aliphatic carbocycles. The lowest BCUT2D eigenvalue weighted by atomic mass is 10.3. The van der Waals surface area contributed by atoms with Crippen LogP contribution in [0.1, 0.15) is 32.6 Å². The summed E-state index contributed by atoms with van der Waals surface area (Å²) in [5.74, 6) is 0.657. The molecule has 13 heavy (non-hydrogen) atoms. The van der Waals surface area contributed by atoms with Gasteiger partial charge in [0.2, 0.25) is 5.91 Å². The fourth-order valence-corrected chi connectivity index (χ4v) is 0.987. The molecule has 1 N–H and O–H groups in total. The Labute approximate surface area is 85.3 Å². The van der Waals surface area contributed by atoms with Gasteiger partial charge in [0, 0.05) is 12.4 Å². The van der Waals surface area contributed by atoms with Crippen molar-refractivity contribution in [2.75, 3.05) is 12.4 Å². The van der Waals surface area contributed by atoms with E-state index in [9.17, 15) is 4.79 Å². The summed E-state index contributed by atoms with van der Waals surface area (Å²) in [7, 11) is 0. The minimum Gasteiger partial charge on any atom is -0.353 e. The van der Waals surface area contributed by atoms with Crippen LogP contribution < -0.4 is 5.32 Å². The number of amides is 1. The van der Waals surface area contributed by atoms with Crippen LogP contribution in [0.5, 0.6) is 0 Å². The average Bonchev–Trinajstić information content (AvgIpc) is 2.13. The molecule has 0 aliphatic rings. The molecule has 0 fully saturated rings. The number of alkyl halides is 1. The standard InChI is InChI=1S/C10H18ClNO/c1-2-3-9-12-10(13)7-5-4-6-8-11/h5,7H,2-4,6,8-9H2,1H3,(H,12,13)/b7-5+. The number of allylic oxidation sites excluding steroid dienone is 1. The molecule has 2 nitrogen and oxygen atoms in total. The van der Waals surface area contributed by atoms with Crippen molar-refractivity contribution in [3.8, 4) is 0 Å². The Hall–Kier alpha value is -0.500. The fourth-order valence-electron chi connectivity index (χ4n) is 0.833. The van der Waals surface area contributed by atoms with Crippen molar-refractivity contribution in [2.24, 2.45) is 0 Å². The first-order valence-electron chi connectivity index (χ1n) is 4.81. The Morgan fingerprint density at radius 1 is 1.46 bits per heavy atom. The van der Waals surface area contributed by atoms with Gasteiger partial charge in [0.1, 0.15) is 0 Å². The van der Waals surface area contributed by atoms with E-state index in [0.29, 0.717) is 5.88 Å². The monoisotopic (exact) mass is 203 g/mol. The van der Waals surface area contributed by atoms with Crippen LogP contribution in [0.2, 0.25) is 0 Å². The summed E-state index contributed by atoms with van der Waals surface area (Å²) < 4.78 is 0. The van der Waals surface area contributed by atoms with Crippen molar-refractivity contribution in [2.45, 2.75) is 32.6 Å². The summed E-state index contributed by atoms with van der Waals surface area (Å²) in [4.78, 5) is 11.1. The van der Waals surface area contributed by atoms with Gasteiger partial charge in [0.15, 0.2) is 0 Å². The smallest absolute Gasteiger partial charge is 0.243 e. The Balaban J connectivity index is 3.33. The molecular formula is C10H18ClNO. The zero-order chi connectivity index (χ0) is 9.94. The molecule has 0 aliphatic heterocycles. The maximum absolute atomic E-state index is 11.1. The second-order valence-electron chi connectivity index (χ2n) is 2.88. The molecule has 0 aromatic rings. The Morgan fingerprint density at radius 2 is 2.23 bits per heavy atom. The van der Waals surface area contributed by atoms with Gasteiger partial charge in [-0.15, -0.1) is 11.6 Å². The molecule has 0 atom stereocenters. The highest BCUT2D eigenvalue weighted by Gasteiger charge is 1.91. The Morgan fingerprint density at radius 3 is 2.85 bits per heavy atom. The number of hydrogen-bond donors (Lipinski definition) is 1. The third kappa shape index (κ3) is 9.41. The first-order chi connectivity index (χ1) is 6.31. The predicted octanol–water partition coefficient (Wildman–Crippen LogP) is 2.48. The number of carbonyl (C=O) groups excluding carboxylic acids is 1. The molecule has 0 unspecified atom stereocenters. The maximum Gasteiger partial charge on any atom is 0.243 e. The van der Waals surface area contributed by atoms with Crippen molar-refractivity contribution < 1.29 is 4.79 Å². The van der Waals surface area contributed by atoms with Crippen LogP contribution in [-0.2, 0) is 4.79 Å². The van der Waals surface area contributed by atoms with E-state index in [1.807, 2.05) is 6.08 Å². The highest BCUT2D eigenvalue weighted by atomic mass is 35.5. The van der Waals surface area contributed by atoms with Crippen molar-refractivity contribution in [3.63, 3.8) is 0 Å². The zero-order valence-corrected chi connectivity index (χ0v) is 8.94. The van der Waals surface area contributed by atoms with Gasteiger partial charge in [-0.1, -0.05) is 19.4 Å². The normalized spacial score (nSPS) is 10.6. The van der Waals surface area contributed by atoms with E-state index in [1.165, 1.54) is 0 Å². The molecule has 1 amide bonds. The molecule has 3 heteroatoms. The molecule has 0 saturated carbocycles. The molecule has 0 aromatic heterocycles. The van der Waals surface area contributed by atoms with Crippen LogP contribution >= 0.6 is 11.6 Å². The van der Waals surface area contributed by atoms with Gasteiger partial charge in [-0.05, 0) is 25.3 Å². The number of hydrogen-bond acceptors (Lipinski definition) is 1. The number of halogens is 1. The maximum atomic E-state index is 11.1. The Bertz CT molecular complexity index is 157. The summed E-state index contributed by atoms with van der Waals surface area (Å²) in [6.45, 7) is 2.87. The van der Waals surface area contributed by atoms with Crippen molar-refractivity contribution >= 4 is 17.5 Å². The summed E-state index contributed by atoms with van der Waals surface area (Å²) in [5, 5.41) is 2.80. The highest BCUT2D eigenvalue weighted by Crippen LogP contribution is 1.92. The third-order valence-electron chi connectivity index (χ3n) is 1.60. The molecule has 0 aromatic carbocycles. The van der Waals surface area contributed by atoms with Crippen molar-refractivity contribution in [3.05, 3.63) is 12.2 Å². The number of nitrogens with one attached hydrogen (secondary N) is 1. The van der Waals surface area contributed by atoms with Gasteiger partial charge in [-0.25, -0.2) is 0 Å². The SMILES string of the molecule is CCCCNC(=O)/C=C/CCCCl. The summed E-state index contributed by atoms with van der Waals surface area (Å²) >= 11 is 5.48. The second-order valence-corrected chi connectivity index (χ2v) is 3.26. The van der Waals surface area contributed by atoms with E-state index < -0.39 is 0 Å². The summed E-state index contributed by atoms with van der Waals surface area (Å²) in [5.41, 5.74) is 0. The van der Waals surface area contributed by atoms with Gasteiger partial charge >= 0.3 is 0 Å². The van der Waals surface area contributed by atoms with E-state index in [0.717, 1.165) is 32.2 Å². The minimum absolute atomic E-state index is 0.00280. The molecule has 0 bridgehead atoms. The van der Waals surface area contributed by atoms with Gasteiger partial charge < -0.3 is 5.32 Å². The summed E-state index contributed by atoms with van der Waals surface area (Å²) in [6.07, 6.45) is 7.41. The quantitative estimate of drug-likeness (QED) is 0.385. The van der Waals surface area contributed by atoms with Crippen molar-refractivity contribution in [1.82, 2.24) is 5.32 Å². The highest BCUT2D eigenvalue weighted by molar-refractivity contribution is 6.17. The predicted molar refractivity (Wildman–Crippen MR) is 57.0 cm³/mol. The zero-order valence-electron chi connectivity index (χ0n) is 8.18. The summed E-state index contributed by atoms with van der Waals surface area (Å²) in [6, 6.07) is 0. The van der Waals surface area contributed by atoms with Crippen LogP contribution in [0.25, 0.3) is 0 Å². The van der Waals surface area contributed by atoms with Crippen LogP contribution in [0.3, 0.4) is 0 Å². The van der Waals surface area contributed by atoms with E-state index in [1.54, 1.807) is 6.08 Å². The van der Waals surface area contributed by atoms with Crippen LogP contribution in [0.4, 0.5) is 0 Å². The number of unbranched alkanes of at least 4 members (excludes halogenated alkanes) is 2. The third-order valence-corrected chi connectivity index (χ3v) is 1.87. The molecule has 0 heterocycles. The van der Waals surface area contributed by atoms with E-state index in [-0.39, 0.29) is 5.91 Å². The molecule has 0 saturated heterocycles. The van der Waals surface area contributed by atoms with Crippen molar-refractivity contribution in [1.29, 1.82) is 0 Å². The van der Waals surface area contributed by atoms with E-state index >= 15 is 0 Å². The Kier molecular flexibility index (Phi) is 9.22. The van der Waals surface area contributed by atoms with Crippen LogP contribution in [0, 0.1) is 0 Å². The van der Waals surface area contributed by atoms with E-state index in [4.69, 9.17) is 11.6 Å². The van der Waals surface area contributed by atoms with E-state index in [2.05, 4.69) is 12.2 Å². The minimum atomic E-state index is 0.00280. The van der Waals surface area contributed by atoms with Gasteiger partial charge in [0.25, 0.3) is 0 Å². The molecule has 0 spiro atoms. The second kappa shape index (κ2) is 9.59. The molecule has 0 rings (SSSR count). The lowest BCUT2D eigenvalue weighted by molar-refractivity contribution is -0.116. The molecule has 0 radical (unpaired) electrons. The van der Waals surface area contributed by atoms with Crippen LogP contribution in [-0.4, -0.2) is 18.3 Å². The average molecular weight is 204 g/mol. The molecule has 76 valence electrons. The number of rotatable bonds is 7. The lowest BCUT2D eigenvalue weighted by Gasteiger charge is -1.98. The van der Waals surface area contributed by atoms with Gasteiger partial charge in [0.05, 0.1) is 0 Å². The topological polar surface area (TPSA) is 29.1 Å². The number of carbonyl (C=O) groups is 1. The lowest BCUT2D eigenvalue weighted by Crippen LogP contribution is -2.21. The largest absolute Gasteiger partial charge is 0.353 e. The first-order valence-corrected chi connectivity index (χ1v) is 5.35.